The van der Waals surface area contributed by atoms with Gasteiger partial charge in [0.1, 0.15) is 25.6 Å². The van der Waals surface area contributed by atoms with Crippen molar-refractivity contribution in [1.82, 2.24) is 4.90 Å². The first-order chi connectivity index (χ1) is 12.6. The molecule has 0 spiro atoms. The molecule has 3 rings (SSSR count). The van der Waals surface area contributed by atoms with Crippen molar-refractivity contribution in [2.75, 3.05) is 38.7 Å². The minimum absolute atomic E-state index is 0.0797. The van der Waals surface area contributed by atoms with Gasteiger partial charge in [-0.05, 0) is 38.2 Å². The SMILES string of the molecule is C[C@@H](C(=O)Nc1ccc2c(c1)OCCO2)N(C)CCOc1ccccc1. The molecule has 0 radical (unpaired) electrons. The van der Waals surface area contributed by atoms with Crippen LogP contribution in [-0.2, 0) is 4.79 Å². The summed E-state index contributed by atoms with van der Waals surface area (Å²) in [5.74, 6) is 2.11. The quantitative estimate of drug-likeness (QED) is 0.827. The molecule has 0 saturated heterocycles. The number of amides is 1. The van der Waals surface area contributed by atoms with Gasteiger partial charge in [-0.25, -0.2) is 0 Å². The number of benzene rings is 2. The van der Waals surface area contributed by atoms with Gasteiger partial charge in [0, 0.05) is 18.3 Å². The van der Waals surface area contributed by atoms with Gasteiger partial charge in [0.25, 0.3) is 0 Å². The maximum Gasteiger partial charge on any atom is 0.241 e. The number of likely N-dealkylation sites (N-methyl/N-ethyl adjacent to an activating group) is 1. The third kappa shape index (κ3) is 4.67. The molecule has 1 aliphatic heterocycles. The summed E-state index contributed by atoms with van der Waals surface area (Å²) in [6.07, 6.45) is 0. The van der Waals surface area contributed by atoms with E-state index in [4.69, 9.17) is 14.2 Å². The molecule has 6 nitrogen and oxygen atoms in total. The summed E-state index contributed by atoms with van der Waals surface area (Å²) in [5, 5.41) is 2.92. The van der Waals surface area contributed by atoms with Crippen LogP contribution < -0.4 is 19.5 Å². The van der Waals surface area contributed by atoms with E-state index >= 15 is 0 Å². The highest BCUT2D eigenvalue weighted by Gasteiger charge is 2.19. The van der Waals surface area contributed by atoms with Crippen molar-refractivity contribution >= 4 is 11.6 Å². The van der Waals surface area contributed by atoms with Crippen LogP contribution in [-0.4, -0.2) is 50.3 Å². The minimum atomic E-state index is -0.289. The predicted octanol–water partition coefficient (Wildman–Crippen LogP) is 2.80. The van der Waals surface area contributed by atoms with E-state index in [0.717, 1.165) is 5.75 Å². The first kappa shape index (κ1) is 18.1. The fraction of sp³-hybridized carbons (Fsp3) is 0.350. The van der Waals surface area contributed by atoms with E-state index in [1.807, 2.05) is 61.3 Å². The Hall–Kier alpha value is -2.73. The molecule has 0 unspecified atom stereocenters. The Morgan fingerprint density at radius 2 is 1.88 bits per heavy atom. The van der Waals surface area contributed by atoms with Crippen molar-refractivity contribution in [3.63, 3.8) is 0 Å². The first-order valence-electron chi connectivity index (χ1n) is 8.72. The van der Waals surface area contributed by atoms with Crippen LogP contribution in [0.3, 0.4) is 0 Å². The molecule has 0 aliphatic carbocycles. The molecule has 1 heterocycles. The standard InChI is InChI=1S/C20H24N2O4/c1-15(22(2)10-11-24-17-6-4-3-5-7-17)20(23)21-16-8-9-18-19(14-16)26-13-12-25-18/h3-9,14-15H,10-13H2,1-2H3,(H,21,23)/t15-/m0/s1. The lowest BCUT2D eigenvalue weighted by Crippen LogP contribution is -2.41. The number of anilines is 1. The summed E-state index contributed by atoms with van der Waals surface area (Å²) in [6, 6.07) is 14.8. The van der Waals surface area contributed by atoms with Crippen molar-refractivity contribution < 1.29 is 19.0 Å². The van der Waals surface area contributed by atoms with E-state index in [2.05, 4.69) is 5.32 Å². The number of hydrogen-bond donors (Lipinski definition) is 1. The highest BCUT2D eigenvalue weighted by Crippen LogP contribution is 2.32. The molecular formula is C20H24N2O4. The van der Waals surface area contributed by atoms with Crippen molar-refractivity contribution in [1.29, 1.82) is 0 Å². The molecule has 1 N–H and O–H groups in total. The molecule has 0 saturated carbocycles. The molecule has 6 heteroatoms. The summed E-state index contributed by atoms with van der Waals surface area (Å²) in [5.41, 5.74) is 0.694. The van der Waals surface area contributed by atoms with Gasteiger partial charge in [0.05, 0.1) is 6.04 Å². The van der Waals surface area contributed by atoms with Crippen LogP contribution in [0.5, 0.6) is 17.2 Å². The number of ether oxygens (including phenoxy) is 3. The van der Waals surface area contributed by atoms with Gasteiger partial charge < -0.3 is 19.5 Å². The van der Waals surface area contributed by atoms with Crippen molar-refractivity contribution in [2.45, 2.75) is 13.0 Å². The molecule has 2 aromatic carbocycles. The number of hydrogen-bond acceptors (Lipinski definition) is 5. The summed E-state index contributed by atoms with van der Waals surface area (Å²) in [6.45, 7) is 4.10. The lowest BCUT2D eigenvalue weighted by atomic mass is 10.2. The molecule has 1 aliphatic rings. The number of rotatable bonds is 7. The number of carbonyl (C=O) groups excluding carboxylic acids is 1. The summed E-state index contributed by atoms with van der Waals surface area (Å²) in [4.78, 5) is 14.4. The topological polar surface area (TPSA) is 60.0 Å². The van der Waals surface area contributed by atoms with E-state index in [-0.39, 0.29) is 11.9 Å². The van der Waals surface area contributed by atoms with Crippen molar-refractivity contribution in [3.05, 3.63) is 48.5 Å². The molecule has 1 atom stereocenters. The Bertz CT molecular complexity index is 736. The van der Waals surface area contributed by atoms with Gasteiger partial charge in [0.15, 0.2) is 11.5 Å². The van der Waals surface area contributed by atoms with E-state index in [0.29, 0.717) is 43.6 Å². The van der Waals surface area contributed by atoms with Crippen LogP contribution in [0.4, 0.5) is 5.69 Å². The predicted molar refractivity (Wildman–Crippen MR) is 100 cm³/mol. The van der Waals surface area contributed by atoms with Gasteiger partial charge in [-0.3, -0.25) is 9.69 Å². The molecule has 138 valence electrons. The third-order valence-corrected chi connectivity index (χ3v) is 4.31. The van der Waals surface area contributed by atoms with Crippen molar-refractivity contribution in [3.8, 4) is 17.2 Å². The van der Waals surface area contributed by atoms with Crippen LogP contribution in [0.2, 0.25) is 0 Å². The molecule has 2 aromatic rings. The lowest BCUT2D eigenvalue weighted by Gasteiger charge is -2.24. The number of nitrogens with one attached hydrogen (secondary N) is 1. The molecule has 0 fully saturated rings. The largest absolute Gasteiger partial charge is 0.492 e. The van der Waals surface area contributed by atoms with Gasteiger partial charge in [-0.15, -0.1) is 0 Å². The summed E-state index contributed by atoms with van der Waals surface area (Å²) < 4.78 is 16.7. The monoisotopic (exact) mass is 356 g/mol. The number of para-hydroxylation sites is 1. The zero-order chi connectivity index (χ0) is 18.4. The highest BCUT2D eigenvalue weighted by molar-refractivity contribution is 5.94. The summed E-state index contributed by atoms with van der Waals surface area (Å²) in [7, 11) is 1.91. The molecule has 26 heavy (non-hydrogen) atoms. The van der Waals surface area contributed by atoms with Crippen LogP contribution in [0.15, 0.2) is 48.5 Å². The Balaban J connectivity index is 1.49. The lowest BCUT2D eigenvalue weighted by molar-refractivity contribution is -0.120. The summed E-state index contributed by atoms with van der Waals surface area (Å²) >= 11 is 0. The van der Waals surface area contributed by atoms with Crippen LogP contribution in [0, 0.1) is 0 Å². The van der Waals surface area contributed by atoms with Gasteiger partial charge in [-0.1, -0.05) is 18.2 Å². The van der Waals surface area contributed by atoms with E-state index in [9.17, 15) is 4.79 Å². The Labute approximate surface area is 153 Å². The fourth-order valence-electron chi connectivity index (χ4n) is 2.59. The Morgan fingerprint density at radius 3 is 2.65 bits per heavy atom. The minimum Gasteiger partial charge on any atom is -0.492 e. The van der Waals surface area contributed by atoms with Crippen LogP contribution >= 0.6 is 0 Å². The van der Waals surface area contributed by atoms with Gasteiger partial charge in [0.2, 0.25) is 5.91 Å². The highest BCUT2D eigenvalue weighted by atomic mass is 16.6. The smallest absolute Gasteiger partial charge is 0.241 e. The van der Waals surface area contributed by atoms with Crippen molar-refractivity contribution in [2.24, 2.45) is 0 Å². The third-order valence-electron chi connectivity index (χ3n) is 4.31. The molecular weight excluding hydrogens is 332 g/mol. The van der Waals surface area contributed by atoms with Gasteiger partial charge >= 0.3 is 0 Å². The fourth-order valence-corrected chi connectivity index (χ4v) is 2.59. The second-order valence-corrected chi connectivity index (χ2v) is 6.17. The second kappa shape index (κ2) is 8.58. The van der Waals surface area contributed by atoms with E-state index in [1.165, 1.54) is 0 Å². The average Bonchev–Trinajstić information content (AvgIpc) is 2.68. The molecule has 1 amide bonds. The zero-order valence-electron chi connectivity index (χ0n) is 15.1. The normalized spacial score (nSPS) is 14.0. The maximum absolute atomic E-state index is 12.5. The molecule has 0 bridgehead atoms. The van der Waals surface area contributed by atoms with Crippen LogP contribution in [0.25, 0.3) is 0 Å². The Kier molecular flexibility index (Phi) is 5.96. The van der Waals surface area contributed by atoms with Crippen LogP contribution in [0.1, 0.15) is 6.92 Å². The Morgan fingerprint density at radius 1 is 1.15 bits per heavy atom. The average molecular weight is 356 g/mol. The molecule has 0 aromatic heterocycles. The number of nitrogens with zero attached hydrogens (tertiary/aromatic N) is 1. The maximum atomic E-state index is 12.5. The van der Waals surface area contributed by atoms with E-state index in [1.54, 1.807) is 6.07 Å². The van der Waals surface area contributed by atoms with Gasteiger partial charge in [-0.2, -0.15) is 0 Å². The number of carbonyl (C=O) groups is 1. The first-order valence-corrected chi connectivity index (χ1v) is 8.72. The zero-order valence-corrected chi connectivity index (χ0v) is 15.1. The number of fused-ring (bicyclic) bond motifs is 1. The second-order valence-electron chi connectivity index (χ2n) is 6.17. The van der Waals surface area contributed by atoms with E-state index < -0.39 is 0 Å².